The standard InChI is InChI=1S/C20H21NO3/c1-4-23-15-10-11-16-18(12-15)24-20(14-8-6-5-7-9-14)17(19(16)22)13-21(2)3/h5-13,20H,4H2,1-3H3. The Labute approximate surface area is 142 Å². The van der Waals surface area contributed by atoms with Crippen LogP contribution >= 0.6 is 0 Å². The van der Waals surface area contributed by atoms with Crippen LogP contribution < -0.4 is 9.47 Å². The zero-order chi connectivity index (χ0) is 17.1. The van der Waals surface area contributed by atoms with Gasteiger partial charge in [-0.3, -0.25) is 4.79 Å². The summed E-state index contributed by atoms with van der Waals surface area (Å²) < 4.78 is 11.7. The molecule has 3 rings (SSSR count). The zero-order valence-electron chi connectivity index (χ0n) is 14.2. The predicted octanol–water partition coefficient (Wildman–Crippen LogP) is 3.85. The van der Waals surface area contributed by atoms with E-state index in [1.807, 2.05) is 62.5 Å². The second-order valence-electron chi connectivity index (χ2n) is 5.88. The largest absolute Gasteiger partial charge is 0.494 e. The molecule has 24 heavy (non-hydrogen) atoms. The van der Waals surface area contributed by atoms with E-state index in [1.54, 1.807) is 18.2 Å². The van der Waals surface area contributed by atoms with Gasteiger partial charge in [0.25, 0.3) is 0 Å². The molecular formula is C20H21NO3. The number of hydrogen-bond donors (Lipinski definition) is 0. The Morgan fingerprint density at radius 3 is 2.58 bits per heavy atom. The summed E-state index contributed by atoms with van der Waals surface area (Å²) in [6, 6.07) is 15.2. The smallest absolute Gasteiger partial charge is 0.198 e. The predicted molar refractivity (Wildman–Crippen MR) is 93.5 cm³/mol. The number of fused-ring (bicyclic) bond motifs is 1. The van der Waals surface area contributed by atoms with Crippen LogP contribution in [0, 0.1) is 0 Å². The lowest BCUT2D eigenvalue weighted by Crippen LogP contribution is -2.25. The molecule has 0 spiro atoms. The van der Waals surface area contributed by atoms with E-state index in [9.17, 15) is 4.79 Å². The van der Waals surface area contributed by atoms with Gasteiger partial charge in [0.15, 0.2) is 11.9 Å². The lowest BCUT2D eigenvalue weighted by Gasteiger charge is -2.29. The summed E-state index contributed by atoms with van der Waals surface area (Å²) in [7, 11) is 3.80. The van der Waals surface area contributed by atoms with E-state index in [-0.39, 0.29) is 5.78 Å². The van der Waals surface area contributed by atoms with Gasteiger partial charge >= 0.3 is 0 Å². The monoisotopic (exact) mass is 323 g/mol. The first kappa shape index (κ1) is 16.1. The Kier molecular flexibility index (Phi) is 4.56. The van der Waals surface area contributed by atoms with Gasteiger partial charge in [-0.25, -0.2) is 0 Å². The van der Waals surface area contributed by atoms with E-state index >= 15 is 0 Å². The van der Waals surface area contributed by atoms with Gasteiger partial charge in [0, 0.05) is 26.4 Å². The topological polar surface area (TPSA) is 38.8 Å². The van der Waals surface area contributed by atoms with Crippen molar-refractivity contribution in [2.45, 2.75) is 13.0 Å². The highest BCUT2D eigenvalue weighted by Crippen LogP contribution is 2.40. The van der Waals surface area contributed by atoms with Gasteiger partial charge in [-0.2, -0.15) is 0 Å². The maximum atomic E-state index is 13.0. The third kappa shape index (κ3) is 3.13. The van der Waals surface area contributed by atoms with Gasteiger partial charge in [0.05, 0.1) is 17.7 Å². The molecule has 124 valence electrons. The summed E-state index contributed by atoms with van der Waals surface area (Å²) in [5.41, 5.74) is 2.15. The quantitative estimate of drug-likeness (QED) is 0.801. The van der Waals surface area contributed by atoms with Crippen LogP contribution in [0.1, 0.15) is 28.9 Å². The van der Waals surface area contributed by atoms with E-state index in [0.29, 0.717) is 29.2 Å². The molecule has 1 aliphatic heterocycles. The molecule has 1 unspecified atom stereocenters. The number of carbonyl (C=O) groups excluding carboxylic acids is 1. The van der Waals surface area contributed by atoms with E-state index in [2.05, 4.69) is 0 Å². The van der Waals surface area contributed by atoms with Crippen LogP contribution in [0.4, 0.5) is 0 Å². The molecule has 0 N–H and O–H groups in total. The van der Waals surface area contributed by atoms with E-state index in [0.717, 1.165) is 5.56 Å². The number of rotatable bonds is 4. The Morgan fingerprint density at radius 1 is 1.17 bits per heavy atom. The van der Waals surface area contributed by atoms with Crippen LogP contribution in [0.3, 0.4) is 0 Å². The molecule has 0 aliphatic carbocycles. The Morgan fingerprint density at radius 2 is 1.92 bits per heavy atom. The molecule has 0 aromatic heterocycles. The molecule has 2 aromatic rings. The lowest BCUT2D eigenvalue weighted by atomic mass is 9.91. The van der Waals surface area contributed by atoms with Crippen molar-refractivity contribution in [1.82, 2.24) is 4.90 Å². The van der Waals surface area contributed by atoms with Gasteiger partial charge in [-0.1, -0.05) is 30.3 Å². The molecule has 0 radical (unpaired) electrons. The molecule has 1 atom stereocenters. The summed E-state index contributed by atoms with van der Waals surface area (Å²) in [5.74, 6) is 1.26. The van der Waals surface area contributed by atoms with Crippen molar-refractivity contribution in [3.8, 4) is 11.5 Å². The second-order valence-corrected chi connectivity index (χ2v) is 5.88. The van der Waals surface area contributed by atoms with Crippen molar-refractivity contribution in [2.24, 2.45) is 0 Å². The molecule has 0 amide bonds. The van der Waals surface area contributed by atoms with Gasteiger partial charge in [-0.15, -0.1) is 0 Å². The molecule has 1 heterocycles. The van der Waals surface area contributed by atoms with Crippen molar-refractivity contribution >= 4 is 5.78 Å². The number of carbonyl (C=O) groups is 1. The highest BCUT2D eigenvalue weighted by molar-refractivity contribution is 6.12. The molecule has 0 bridgehead atoms. The Hall–Kier alpha value is -2.75. The minimum Gasteiger partial charge on any atom is -0.494 e. The number of hydrogen-bond acceptors (Lipinski definition) is 4. The van der Waals surface area contributed by atoms with E-state index < -0.39 is 6.10 Å². The maximum Gasteiger partial charge on any atom is 0.198 e. The SMILES string of the molecule is CCOc1ccc2c(c1)OC(c1ccccc1)C(=CN(C)C)C2=O. The Balaban J connectivity index is 2.08. The summed E-state index contributed by atoms with van der Waals surface area (Å²) in [6.45, 7) is 2.50. The van der Waals surface area contributed by atoms with Crippen molar-refractivity contribution < 1.29 is 14.3 Å². The molecule has 4 nitrogen and oxygen atoms in total. The van der Waals surface area contributed by atoms with Gasteiger partial charge in [0.1, 0.15) is 11.5 Å². The van der Waals surface area contributed by atoms with Crippen LogP contribution in [-0.2, 0) is 0 Å². The molecule has 2 aromatic carbocycles. The van der Waals surface area contributed by atoms with Crippen LogP contribution in [-0.4, -0.2) is 31.4 Å². The van der Waals surface area contributed by atoms with Gasteiger partial charge in [0.2, 0.25) is 0 Å². The molecule has 0 fully saturated rings. The Bertz CT molecular complexity index is 766. The third-order valence-electron chi connectivity index (χ3n) is 3.80. The van der Waals surface area contributed by atoms with Crippen molar-refractivity contribution in [3.05, 3.63) is 71.4 Å². The van der Waals surface area contributed by atoms with Gasteiger partial charge in [-0.05, 0) is 24.6 Å². The number of Topliss-reactive ketones (excluding diaryl/α,β-unsaturated/α-hetero) is 1. The fourth-order valence-electron chi connectivity index (χ4n) is 2.79. The lowest BCUT2D eigenvalue weighted by molar-refractivity contribution is 0.0957. The van der Waals surface area contributed by atoms with Crippen molar-refractivity contribution in [2.75, 3.05) is 20.7 Å². The third-order valence-corrected chi connectivity index (χ3v) is 3.80. The molecule has 0 saturated heterocycles. The van der Waals surface area contributed by atoms with E-state index in [1.165, 1.54) is 0 Å². The van der Waals surface area contributed by atoms with Crippen LogP contribution in [0.15, 0.2) is 60.3 Å². The molecule has 0 saturated carbocycles. The van der Waals surface area contributed by atoms with Crippen molar-refractivity contribution in [1.29, 1.82) is 0 Å². The number of benzene rings is 2. The molecule has 4 heteroatoms. The first-order valence-electron chi connectivity index (χ1n) is 8.01. The summed E-state index contributed by atoms with van der Waals surface area (Å²) in [6.07, 6.45) is 1.41. The minimum atomic E-state index is -0.425. The first-order valence-corrected chi connectivity index (χ1v) is 8.01. The van der Waals surface area contributed by atoms with Crippen LogP contribution in [0.5, 0.6) is 11.5 Å². The molecule has 1 aliphatic rings. The highest BCUT2D eigenvalue weighted by Gasteiger charge is 2.33. The minimum absolute atomic E-state index is 0.0122. The van der Waals surface area contributed by atoms with Crippen molar-refractivity contribution in [3.63, 3.8) is 0 Å². The fourth-order valence-corrected chi connectivity index (χ4v) is 2.79. The molecular weight excluding hydrogens is 302 g/mol. The first-order chi connectivity index (χ1) is 11.6. The normalized spacial score (nSPS) is 18.0. The second kappa shape index (κ2) is 6.79. The van der Waals surface area contributed by atoms with Crippen LogP contribution in [0.25, 0.3) is 0 Å². The van der Waals surface area contributed by atoms with Crippen LogP contribution in [0.2, 0.25) is 0 Å². The average molecular weight is 323 g/mol. The zero-order valence-corrected chi connectivity index (χ0v) is 14.2. The maximum absolute atomic E-state index is 13.0. The number of ketones is 1. The highest BCUT2D eigenvalue weighted by atomic mass is 16.5. The summed E-state index contributed by atoms with van der Waals surface area (Å²) in [4.78, 5) is 14.9. The van der Waals surface area contributed by atoms with Gasteiger partial charge < -0.3 is 14.4 Å². The summed E-state index contributed by atoms with van der Waals surface area (Å²) >= 11 is 0. The van der Waals surface area contributed by atoms with E-state index in [4.69, 9.17) is 9.47 Å². The number of ether oxygens (including phenoxy) is 2. The average Bonchev–Trinajstić information content (AvgIpc) is 2.58. The summed E-state index contributed by atoms with van der Waals surface area (Å²) in [5, 5.41) is 0. The number of nitrogens with zero attached hydrogens (tertiary/aromatic N) is 1. The fraction of sp³-hybridized carbons (Fsp3) is 0.250.